The maximum absolute atomic E-state index is 12.6. The van der Waals surface area contributed by atoms with Gasteiger partial charge in [0.2, 0.25) is 0 Å². The van der Waals surface area contributed by atoms with E-state index in [0.717, 1.165) is 27.7 Å². The van der Waals surface area contributed by atoms with Crippen molar-refractivity contribution in [1.82, 2.24) is 14.0 Å². The molecule has 0 radical (unpaired) electrons. The lowest BCUT2D eigenvalue weighted by atomic mass is 10.1. The summed E-state index contributed by atoms with van der Waals surface area (Å²) >= 11 is 0.775. The third-order valence-electron chi connectivity index (χ3n) is 4.43. The number of hydrogen-bond donors (Lipinski definition) is 0. The number of rotatable bonds is 4. The van der Waals surface area contributed by atoms with Crippen molar-refractivity contribution in [1.29, 1.82) is 0 Å². The fraction of sp³-hybridized carbons (Fsp3) is 0.333. The summed E-state index contributed by atoms with van der Waals surface area (Å²) in [6.45, 7) is 3.29. The van der Waals surface area contributed by atoms with Gasteiger partial charge in [0.15, 0.2) is 0 Å². The Labute approximate surface area is 159 Å². The standard InChI is InChI=1S/C18H19N3O5S/c1-5-26-16(23)10(2)21-15(22)14(27-18(21)25)9-11-6-7-12-13(8-11)20(4)17(24)19(12)3/h6-10H,5H2,1-4H3/b14-9-/t10-/m1/s1. The van der Waals surface area contributed by atoms with Gasteiger partial charge in [0.1, 0.15) is 6.04 Å². The van der Waals surface area contributed by atoms with Crippen molar-refractivity contribution >= 4 is 46.0 Å². The largest absolute Gasteiger partial charge is 0.464 e. The second-order valence-electron chi connectivity index (χ2n) is 6.13. The molecule has 3 rings (SSSR count). The molecule has 1 aliphatic rings. The number of carbonyl (C=O) groups excluding carboxylic acids is 3. The van der Waals surface area contributed by atoms with Crippen LogP contribution in [0.1, 0.15) is 19.4 Å². The third-order valence-corrected chi connectivity index (χ3v) is 5.32. The number of thioether (sulfide) groups is 1. The topological polar surface area (TPSA) is 90.6 Å². The van der Waals surface area contributed by atoms with Crippen LogP contribution in [0, 0.1) is 0 Å². The van der Waals surface area contributed by atoms with Gasteiger partial charge in [0.05, 0.1) is 22.5 Å². The van der Waals surface area contributed by atoms with Crippen molar-refractivity contribution in [3.05, 3.63) is 39.2 Å². The lowest BCUT2D eigenvalue weighted by Crippen LogP contribution is -2.42. The lowest BCUT2D eigenvalue weighted by molar-refractivity contribution is -0.150. The van der Waals surface area contributed by atoms with Gasteiger partial charge >= 0.3 is 11.7 Å². The average molecular weight is 389 g/mol. The zero-order valence-corrected chi connectivity index (χ0v) is 16.2. The average Bonchev–Trinajstić information content (AvgIpc) is 3.03. The minimum absolute atomic E-state index is 0.147. The van der Waals surface area contributed by atoms with Crippen LogP contribution >= 0.6 is 11.8 Å². The SMILES string of the molecule is CCOC(=O)[C@@H](C)N1C(=O)S/C(=C\c2ccc3c(c2)n(C)c(=O)n3C)C1=O. The summed E-state index contributed by atoms with van der Waals surface area (Å²) in [6, 6.07) is 4.35. The molecule has 8 nitrogen and oxygen atoms in total. The molecule has 1 saturated heterocycles. The van der Waals surface area contributed by atoms with Crippen LogP contribution in [0.2, 0.25) is 0 Å². The van der Waals surface area contributed by atoms with Gasteiger partial charge < -0.3 is 4.74 Å². The van der Waals surface area contributed by atoms with Crippen molar-refractivity contribution in [2.75, 3.05) is 6.61 Å². The Balaban J connectivity index is 1.94. The smallest absolute Gasteiger partial charge is 0.329 e. The van der Waals surface area contributed by atoms with Gasteiger partial charge in [-0.05, 0) is 49.4 Å². The molecular weight excluding hydrogens is 370 g/mol. The van der Waals surface area contributed by atoms with Crippen molar-refractivity contribution in [2.45, 2.75) is 19.9 Å². The molecule has 1 aliphatic heterocycles. The van der Waals surface area contributed by atoms with E-state index in [1.807, 2.05) is 0 Å². The normalized spacial score (nSPS) is 17.2. The third kappa shape index (κ3) is 3.18. The number of imidazole rings is 1. The molecule has 1 atom stereocenters. The molecule has 2 amide bonds. The monoisotopic (exact) mass is 389 g/mol. The number of esters is 1. The Hall–Kier alpha value is -2.81. The van der Waals surface area contributed by atoms with Crippen LogP contribution < -0.4 is 5.69 Å². The number of imide groups is 1. The summed E-state index contributed by atoms with van der Waals surface area (Å²) in [4.78, 5) is 49.9. The van der Waals surface area contributed by atoms with Crippen molar-refractivity contribution in [3.63, 3.8) is 0 Å². The van der Waals surface area contributed by atoms with Gasteiger partial charge in [-0.25, -0.2) is 9.59 Å². The fourth-order valence-corrected chi connectivity index (χ4v) is 3.86. The van der Waals surface area contributed by atoms with Gasteiger partial charge in [0, 0.05) is 14.1 Å². The quantitative estimate of drug-likeness (QED) is 0.586. The predicted molar refractivity (Wildman–Crippen MR) is 102 cm³/mol. The molecule has 2 heterocycles. The first-order valence-electron chi connectivity index (χ1n) is 8.35. The molecule has 0 spiro atoms. The highest BCUT2D eigenvalue weighted by atomic mass is 32.2. The van der Waals surface area contributed by atoms with E-state index in [-0.39, 0.29) is 17.2 Å². The zero-order chi connectivity index (χ0) is 19.9. The Morgan fingerprint density at radius 2 is 1.85 bits per heavy atom. The molecule has 1 fully saturated rings. The second-order valence-corrected chi connectivity index (χ2v) is 7.12. The van der Waals surface area contributed by atoms with Crippen LogP contribution in [0.3, 0.4) is 0 Å². The number of ether oxygens (including phenoxy) is 1. The molecule has 0 unspecified atom stereocenters. The lowest BCUT2D eigenvalue weighted by Gasteiger charge is -2.19. The maximum atomic E-state index is 12.6. The fourth-order valence-electron chi connectivity index (χ4n) is 2.95. The van der Waals surface area contributed by atoms with E-state index in [4.69, 9.17) is 4.74 Å². The van der Waals surface area contributed by atoms with Crippen molar-refractivity contribution in [3.8, 4) is 0 Å². The van der Waals surface area contributed by atoms with Crippen molar-refractivity contribution < 1.29 is 19.1 Å². The van der Waals surface area contributed by atoms with Gasteiger partial charge in [0.25, 0.3) is 11.1 Å². The predicted octanol–water partition coefficient (Wildman–Crippen LogP) is 1.86. The van der Waals surface area contributed by atoms with E-state index >= 15 is 0 Å². The van der Waals surface area contributed by atoms with E-state index < -0.39 is 23.2 Å². The zero-order valence-electron chi connectivity index (χ0n) is 15.4. The summed E-state index contributed by atoms with van der Waals surface area (Å²) in [5, 5.41) is -0.514. The minimum atomic E-state index is -0.985. The summed E-state index contributed by atoms with van der Waals surface area (Å²) in [6.07, 6.45) is 1.58. The summed E-state index contributed by atoms with van der Waals surface area (Å²) in [5.41, 5.74) is 2.02. The van der Waals surface area contributed by atoms with Crippen LogP contribution in [0.5, 0.6) is 0 Å². The molecule has 142 valence electrons. The molecule has 27 heavy (non-hydrogen) atoms. The van der Waals surface area contributed by atoms with Gasteiger partial charge in [-0.1, -0.05) is 6.07 Å². The number of amides is 2. The molecule has 0 aliphatic carbocycles. The Bertz CT molecular complexity index is 1050. The summed E-state index contributed by atoms with van der Waals surface area (Å²) in [5.74, 6) is -1.16. The summed E-state index contributed by atoms with van der Waals surface area (Å²) in [7, 11) is 3.36. The number of fused-ring (bicyclic) bond motifs is 1. The minimum Gasteiger partial charge on any atom is -0.464 e. The van der Waals surface area contributed by atoms with E-state index in [0.29, 0.717) is 5.56 Å². The van der Waals surface area contributed by atoms with E-state index in [9.17, 15) is 19.2 Å². The highest BCUT2D eigenvalue weighted by Gasteiger charge is 2.41. The van der Waals surface area contributed by atoms with Crippen LogP contribution in [-0.2, 0) is 28.4 Å². The highest BCUT2D eigenvalue weighted by molar-refractivity contribution is 8.18. The first-order valence-corrected chi connectivity index (χ1v) is 9.17. The first-order chi connectivity index (χ1) is 12.8. The van der Waals surface area contributed by atoms with Gasteiger partial charge in [-0.15, -0.1) is 0 Å². The van der Waals surface area contributed by atoms with E-state index in [1.54, 1.807) is 45.3 Å². The molecular formula is C18H19N3O5S. The molecule has 1 aromatic heterocycles. The first kappa shape index (κ1) is 19.0. The Morgan fingerprint density at radius 1 is 1.19 bits per heavy atom. The number of aryl methyl sites for hydroxylation is 2. The van der Waals surface area contributed by atoms with Gasteiger partial charge in [-0.2, -0.15) is 0 Å². The Morgan fingerprint density at radius 3 is 2.52 bits per heavy atom. The molecule has 2 aromatic rings. The van der Waals surface area contributed by atoms with Crippen LogP contribution in [0.25, 0.3) is 17.1 Å². The van der Waals surface area contributed by atoms with Crippen LogP contribution in [0.4, 0.5) is 4.79 Å². The number of aromatic nitrogens is 2. The molecule has 0 N–H and O–H groups in total. The summed E-state index contributed by atoms with van der Waals surface area (Å²) < 4.78 is 7.94. The number of hydrogen-bond acceptors (Lipinski definition) is 6. The van der Waals surface area contributed by atoms with Gasteiger partial charge in [-0.3, -0.25) is 23.6 Å². The van der Waals surface area contributed by atoms with E-state index in [2.05, 4.69) is 0 Å². The number of benzene rings is 1. The molecule has 0 bridgehead atoms. The number of nitrogens with zero attached hydrogens (tertiary/aromatic N) is 3. The van der Waals surface area contributed by atoms with E-state index in [1.165, 1.54) is 16.1 Å². The van der Waals surface area contributed by atoms with Crippen LogP contribution in [-0.4, -0.2) is 43.8 Å². The molecule has 0 saturated carbocycles. The number of carbonyl (C=O) groups is 3. The van der Waals surface area contributed by atoms with Crippen LogP contribution in [0.15, 0.2) is 27.9 Å². The Kier molecular flexibility index (Phi) is 4.97. The molecule has 1 aromatic carbocycles. The molecule has 9 heteroatoms. The maximum Gasteiger partial charge on any atom is 0.329 e. The highest BCUT2D eigenvalue weighted by Crippen LogP contribution is 2.34. The van der Waals surface area contributed by atoms with Crippen molar-refractivity contribution in [2.24, 2.45) is 14.1 Å². The second kappa shape index (κ2) is 7.07.